The van der Waals surface area contributed by atoms with Gasteiger partial charge in [0.2, 0.25) is 10.0 Å². The van der Waals surface area contributed by atoms with E-state index in [0.717, 1.165) is 5.69 Å². The van der Waals surface area contributed by atoms with E-state index in [9.17, 15) is 13.2 Å². The smallest absolute Gasteiger partial charge is 0.338 e. The lowest BCUT2D eigenvalue weighted by Crippen LogP contribution is -2.14. The number of aromatic nitrogens is 1. The van der Waals surface area contributed by atoms with Crippen LogP contribution >= 0.6 is 0 Å². The molecule has 0 bridgehead atoms. The van der Waals surface area contributed by atoms with Crippen LogP contribution in [-0.2, 0) is 14.8 Å². The molecule has 8 heteroatoms. The Morgan fingerprint density at radius 2 is 1.75 bits per heavy atom. The van der Waals surface area contributed by atoms with Gasteiger partial charge in [-0.15, -0.1) is 0 Å². The molecule has 2 rings (SSSR count). The molecular weight excluding hydrogens is 330 g/mol. The Kier molecular flexibility index (Phi) is 5.75. The van der Waals surface area contributed by atoms with Crippen molar-refractivity contribution in [3.8, 4) is 0 Å². The summed E-state index contributed by atoms with van der Waals surface area (Å²) < 4.78 is 30.3. The van der Waals surface area contributed by atoms with Gasteiger partial charge in [-0.2, -0.15) is 0 Å². The van der Waals surface area contributed by atoms with Crippen molar-refractivity contribution in [1.29, 1.82) is 0 Å². The molecule has 1 aromatic heterocycles. The zero-order valence-corrected chi connectivity index (χ0v) is 14.3. The summed E-state index contributed by atoms with van der Waals surface area (Å²) in [4.78, 5) is 15.7. The Bertz CT molecular complexity index is 787. The van der Waals surface area contributed by atoms with Crippen LogP contribution < -0.4 is 10.0 Å². The predicted octanol–water partition coefficient (Wildman–Crippen LogP) is 2.76. The number of sulfonamides is 1. The van der Waals surface area contributed by atoms with Crippen LogP contribution in [-0.4, -0.2) is 31.7 Å². The average Bonchev–Trinajstić information content (AvgIpc) is 2.57. The summed E-state index contributed by atoms with van der Waals surface area (Å²) in [6, 6.07) is 10.1. The summed E-state index contributed by atoms with van der Waals surface area (Å²) in [6.07, 6.45) is 1.43. The molecule has 1 heterocycles. The number of carbonyl (C=O) groups excluding carboxylic acids is 1. The van der Waals surface area contributed by atoms with Crippen LogP contribution in [0.4, 0.5) is 17.2 Å². The maximum absolute atomic E-state index is 11.6. The molecule has 0 amide bonds. The van der Waals surface area contributed by atoms with Crippen LogP contribution in [0.2, 0.25) is 0 Å². The molecule has 0 unspecified atom stereocenters. The van der Waals surface area contributed by atoms with Gasteiger partial charge in [0.05, 0.1) is 29.8 Å². The number of rotatable bonds is 7. The average molecular weight is 349 g/mol. The number of benzene rings is 1. The maximum Gasteiger partial charge on any atom is 0.338 e. The highest BCUT2D eigenvalue weighted by molar-refractivity contribution is 7.92. The lowest BCUT2D eigenvalue weighted by molar-refractivity contribution is 0.0526. The molecular formula is C16H19N3O4S. The van der Waals surface area contributed by atoms with E-state index >= 15 is 0 Å². The summed E-state index contributed by atoms with van der Waals surface area (Å²) in [5.74, 6) is 0.188. The van der Waals surface area contributed by atoms with Gasteiger partial charge in [0.15, 0.2) is 0 Å². The van der Waals surface area contributed by atoms with Crippen molar-refractivity contribution in [3.63, 3.8) is 0 Å². The topological polar surface area (TPSA) is 97.4 Å². The molecule has 0 atom stereocenters. The number of nitrogens with zero attached hydrogens (tertiary/aromatic N) is 1. The third-order valence-corrected chi connectivity index (χ3v) is 4.39. The molecule has 7 nitrogen and oxygen atoms in total. The van der Waals surface area contributed by atoms with Crippen LogP contribution in [0.25, 0.3) is 0 Å². The Balaban J connectivity index is 2.02. The number of hydrogen-bond acceptors (Lipinski definition) is 6. The first-order valence-electron chi connectivity index (χ1n) is 7.44. The van der Waals surface area contributed by atoms with E-state index in [1.54, 1.807) is 50.2 Å². The second-order valence-corrected chi connectivity index (χ2v) is 6.87. The lowest BCUT2D eigenvalue weighted by Gasteiger charge is -2.09. The van der Waals surface area contributed by atoms with Gasteiger partial charge in [0.25, 0.3) is 0 Å². The first kappa shape index (κ1) is 17.7. The summed E-state index contributed by atoms with van der Waals surface area (Å²) in [5.41, 5.74) is 1.62. The molecule has 0 saturated carbocycles. The Hall–Kier alpha value is -2.61. The second kappa shape index (κ2) is 7.78. The SMILES string of the molecule is CCOC(=O)c1ccc(Nc2ccc(NS(=O)(=O)CC)cn2)cc1. The molecule has 1 aromatic carbocycles. The highest BCUT2D eigenvalue weighted by Gasteiger charge is 2.08. The molecule has 0 aliphatic rings. The molecule has 0 fully saturated rings. The Morgan fingerprint density at radius 1 is 1.08 bits per heavy atom. The molecule has 2 aromatic rings. The van der Waals surface area contributed by atoms with Gasteiger partial charge in [-0.05, 0) is 50.2 Å². The molecule has 0 radical (unpaired) electrons. The number of esters is 1. The summed E-state index contributed by atoms with van der Waals surface area (Å²) in [7, 11) is -3.32. The van der Waals surface area contributed by atoms with Crippen molar-refractivity contribution >= 4 is 33.2 Å². The minimum atomic E-state index is -3.32. The highest BCUT2D eigenvalue weighted by Crippen LogP contribution is 2.17. The van der Waals surface area contributed by atoms with Gasteiger partial charge in [0.1, 0.15) is 5.82 Å². The van der Waals surface area contributed by atoms with E-state index in [-0.39, 0.29) is 11.7 Å². The summed E-state index contributed by atoms with van der Waals surface area (Å²) in [5, 5.41) is 3.07. The Morgan fingerprint density at radius 3 is 2.29 bits per heavy atom. The minimum absolute atomic E-state index is 0.000183. The number of hydrogen-bond donors (Lipinski definition) is 2. The van der Waals surface area contributed by atoms with E-state index in [0.29, 0.717) is 23.7 Å². The maximum atomic E-state index is 11.6. The van der Waals surface area contributed by atoms with Crippen LogP contribution in [0.1, 0.15) is 24.2 Å². The van der Waals surface area contributed by atoms with E-state index in [4.69, 9.17) is 4.74 Å². The van der Waals surface area contributed by atoms with Crippen molar-refractivity contribution in [3.05, 3.63) is 48.2 Å². The number of pyridine rings is 1. The van der Waals surface area contributed by atoms with Crippen molar-refractivity contribution in [2.24, 2.45) is 0 Å². The zero-order valence-electron chi connectivity index (χ0n) is 13.4. The monoisotopic (exact) mass is 349 g/mol. The van der Waals surface area contributed by atoms with E-state index in [1.165, 1.54) is 6.20 Å². The zero-order chi connectivity index (χ0) is 17.6. The van der Waals surface area contributed by atoms with E-state index < -0.39 is 10.0 Å². The van der Waals surface area contributed by atoms with Crippen molar-refractivity contribution in [2.45, 2.75) is 13.8 Å². The fraction of sp³-hybridized carbons (Fsp3) is 0.250. The highest BCUT2D eigenvalue weighted by atomic mass is 32.2. The fourth-order valence-electron chi connectivity index (χ4n) is 1.83. The quantitative estimate of drug-likeness (QED) is 0.746. The largest absolute Gasteiger partial charge is 0.462 e. The number of nitrogens with one attached hydrogen (secondary N) is 2. The Labute approximate surface area is 141 Å². The number of carbonyl (C=O) groups is 1. The van der Waals surface area contributed by atoms with Gasteiger partial charge in [-0.3, -0.25) is 4.72 Å². The molecule has 24 heavy (non-hydrogen) atoms. The predicted molar refractivity (Wildman–Crippen MR) is 93.0 cm³/mol. The van der Waals surface area contributed by atoms with Crippen LogP contribution in [0.5, 0.6) is 0 Å². The third-order valence-electron chi connectivity index (χ3n) is 3.09. The standard InChI is InChI=1S/C16H19N3O4S/c1-3-23-16(20)12-5-7-13(8-6-12)18-15-10-9-14(11-17-15)19-24(21,22)4-2/h5-11,19H,3-4H2,1-2H3,(H,17,18). The lowest BCUT2D eigenvalue weighted by atomic mass is 10.2. The van der Waals surface area contributed by atoms with E-state index in [1.807, 2.05) is 0 Å². The normalized spacial score (nSPS) is 10.9. The van der Waals surface area contributed by atoms with Gasteiger partial charge in [-0.25, -0.2) is 18.2 Å². The fourth-order valence-corrected chi connectivity index (χ4v) is 2.46. The first-order valence-corrected chi connectivity index (χ1v) is 9.09. The number of anilines is 3. The molecule has 0 aliphatic carbocycles. The van der Waals surface area contributed by atoms with Gasteiger partial charge in [-0.1, -0.05) is 0 Å². The summed E-state index contributed by atoms with van der Waals surface area (Å²) in [6.45, 7) is 3.65. The molecule has 128 valence electrons. The van der Waals surface area contributed by atoms with Crippen molar-refractivity contribution < 1.29 is 17.9 Å². The van der Waals surface area contributed by atoms with Crippen molar-refractivity contribution in [1.82, 2.24) is 4.98 Å². The number of ether oxygens (including phenoxy) is 1. The summed E-state index contributed by atoms with van der Waals surface area (Å²) >= 11 is 0. The van der Waals surface area contributed by atoms with Crippen LogP contribution in [0.15, 0.2) is 42.6 Å². The third kappa shape index (κ3) is 4.95. The second-order valence-electron chi connectivity index (χ2n) is 4.86. The molecule has 0 saturated heterocycles. The van der Waals surface area contributed by atoms with Gasteiger partial charge < -0.3 is 10.1 Å². The first-order chi connectivity index (χ1) is 11.4. The van der Waals surface area contributed by atoms with Gasteiger partial charge in [0, 0.05) is 5.69 Å². The minimum Gasteiger partial charge on any atom is -0.462 e. The molecule has 0 spiro atoms. The van der Waals surface area contributed by atoms with Crippen molar-refractivity contribution in [2.75, 3.05) is 22.4 Å². The van der Waals surface area contributed by atoms with E-state index in [2.05, 4.69) is 15.0 Å². The molecule has 0 aliphatic heterocycles. The van der Waals surface area contributed by atoms with Gasteiger partial charge >= 0.3 is 5.97 Å². The molecule has 2 N–H and O–H groups in total. The van der Waals surface area contributed by atoms with Crippen LogP contribution in [0, 0.1) is 0 Å². The van der Waals surface area contributed by atoms with Crippen LogP contribution in [0.3, 0.4) is 0 Å².